The summed E-state index contributed by atoms with van der Waals surface area (Å²) in [7, 11) is 0. The number of carbonyl (C=O) groups is 1. The zero-order chi connectivity index (χ0) is 10.6. The van der Waals surface area contributed by atoms with Crippen LogP contribution in [0.3, 0.4) is 0 Å². The Hall–Kier alpha value is -0.580. The summed E-state index contributed by atoms with van der Waals surface area (Å²) < 4.78 is 0.677. The fourth-order valence-corrected chi connectivity index (χ4v) is 1.52. The standard InChI is InChI=1S/C9H9BrClNO2/c10-7-3-1-2-6(8(7)11)9(14)12-4-5-13/h1-3,13H,4-5H2,(H,12,14). The van der Waals surface area contributed by atoms with Crippen LogP contribution in [-0.2, 0) is 0 Å². The molecule has 0 aliphatic heterocycles. The molecule has 5 heteroatoms. The first-order valence-corrected chi connectivity index (χ1v) is 5.17. The zero-order valence-corrected chi connectivity index (χ0v) is 9.60. The Morgan fingerprint density at radius 1 is 1.57 bits per heavy atom. The first-order valence-electron chi connectivity index (χ1n) is 4.00. The monoisotopic (exact) mass is 277 g/mol. The average Bonchev–Trinajstić information content (AvgIpc) is 2.18. The van der Waals surface area contributed by atoms with E-state index in [0.717, 1.165) is 0 Å². The van der Waals surface area contributed by atoms with E-state index in [1.807, 2.05) is 0 Å². The molecule has 0 aliphatic carbocycles. The van der Waals surface area contributed by atoms with Gasteiger partial charge in [-0.25, -0.2) is 0 Å². The van der Waals surface area contributed by atoms with E-state index in [0.29, 0.717) is 15.1 Å². The number of benzene rings is 1. The molecule has 0 saturated heterocycles. The van der Waals surface area contributed by atoms with E-state index >= 15 is 0 Å². The summed E-state index contributed by atoms with van der Waals surface area (Å²) in [5, 5.41) is 11.4. The summed E-state index contributed by atoms with van der Waals surface area (Å²) in [5.74, 6) is -0.287. The number of aliphatic hydroxyl groups excluding tert-OH is 1. The fraction of sp³-hybridized carbons (Fsp3) is 0.222. The zero-order valence-electron chi connectivity index (χ0n) is 7.26. The predicted octanol–water partition coefficient (Wildman–Crippen LogP) is 1.82. The third kappa shape index (κ3) is 2.70. The van der Waals surface area contributed by atoms with Crippen LogP contribution in [-0.4, -0.2) is 24.2 Å². The van der Waals surface area contributed by atoms with Gasteiger partial charge in [-0.3, -0.25) is 4.79 Å². The van der Waals surface area contributed by atoms with Crippen LogP contribution in [0.15, 0.2) is 22.7 Å². The number of carbonyl (C=O) groups excluding carboxylic acids is 1. The van der Waals surface area contributed by atoms with Gasteiger partial charge in [-0.15, -0.1) is 0 Å². The van der Waals surface area contributed by atoms with Crippen molar-refractivity contribution in [3.05, 3.63) is 33.3 Å². The highest BCUT2D eigenvalue weighted by molar-refractivity contribution is 9.10. The number of nitrogens with one attached hydrogen (secondary N) is 1. The van der Waals surface area contributed by atoms with Crippen molar-refractivity contribution < 1.29 is 9.90 Å². The fourth-order valence-electron chi connectivity index (χ4n) is 0.944. The lowest BCUT2D eigenvalue weighted by molar-refractivity contribution is 0.0945. The van der Waals surface area contributed by atoms with E-state index in [1.54, 1.807) is 18.2 Å². The van der Waals surface area contributed by atoms with Gasteiger partial charge in [0, 0.05) is 11.0 Å². The van der Waals surface area contributed by atoms with Crippen molar-refractivity contribution in [2.24, 2.45) is 0 Å². The highest BCUT2D eigenvalue weighted by atomic mass is 79.9. The minimum atomic E-state index is -0.287. The molecule has 2 N–H and O–H groups in total. The molecule has 0 aromatic heterocycles. The average molecular weight is 279 g/mol. The van der Waals surface area contributed by atoms with Crippen molar-refractivity contribution in [2.45, 2.75) is 0 Å². The van der Waals surface area contributed by atoms with Gasteiger partial charge in [-0.1, -0.05) is 17.7 Å². The molecule has 0 atom stereocenters. The molecule has 3 nitrogen and oxygen atoms in total. The van der Waals surface area contributed by atoms with E-state index in [9.17, 15) is 4.79 Å². The Labute approximate surface area is 95.2 Å². The minimum absolute atomic E-state index is 0.0860. The third-order valence-electron chi connectivity index (χ3n) is 1.59. The molecule has 0 heterocycles. The second-order valence-corrected chi connectivity index (χ2v) is 3.81. The molecule has 0 saturated carbocycles. The van der Waals surface area contributed by atoms with Crippen molar-refractivity contribution in [3.63, 3.8) is 0 Å². The Morgan fingerprint density at radius 2 is 2.29 bits per heavy atom. The highest BCUT2D eigenvalue weighted by Gasteiger charge is 2.10. The second kappa shape index (κ2) is 5.34. The molecule has 0 bridgehead atoms. The van der Waals surface area contributed by atoms with Gasteiger partial charge < -0.3 is 10.4 Å². The van der Waals surface area contributed by atoms with Crippen molar-refractivity contribution in [3.8, 4) is 0 Å². The molecule has 0 aliphatic rings. The van der Waals surface area contributed by atoms with Crippen molar-refractivity contribution in [2.75, 3.05) is 13.2 Å². The number of amides is 1. The lowest BCUT2D eigenvalue weighted by Crippen LogP contribution is -2.26. The van der Waals surface area contributed by atoms with Crippen LogP contribution in [0.2, 0.25) is 5.02 Å². The Balaban J connectivity index is 2.84. The van der Waals surface area contributed by atoms with Crippen molar-refractivity contribution in [1.29, 1.82) is 0 Å². The van der Waals surface area contributed by atoms with Gasteiger partial charge in [0.25, 0.3) is 5.91 Å². The number of aliphatic hydroxyl groups is 1. The quantitative estimate of drug-likeness (QED) is 0.886. The molecule has 1 rings (SSSR count). The molecule has 1 amide bonds. The summed E-state index contributed by atoms with van der Waals surface area (Å²) in [5.41, 5.74) is 0.398. The Morgan fingerprint density at radius 3 is 2.93 bits per heavy atom. The van der Waals surface area contributed by atoms with Crippen LogP contribution in [0.5, 0.6) is 0 Å². The first-order chi connectivity index (χ1) is 6.66. The number of rotatable bonds is 3. The molecular weight excluding hydrogens is 269 g/mol. The third-order valence-corrected chi connectivity index (χ3v) is 2.89. The van der Waals surface area contributed by atoms with Gasteiger partial charge in [0.15, 0.2) is 0 Å². The van der Waals surface area contributed by atoms with Crippen LogP contribution in [0.25, 0.3) is 0 Å². The molecule has 0 fully saturated rings. The smallest absolute Gasteiger partial charge is 0.252 e. The Bertz CT molecular complexity index is 344. The van der Waals surface area contributed by atoms with Gasteiger partial charge in [0.2, 0.25) is 0 Å². The number of hydrogen-bond donors (Lipinski definition) is 2. The van der Waals surface area contributed by atoms with Gasteiger partial charge in [0.1, 0.15) is 0 Å². The maximum absolute atomic E-state index is 11.4. The molecule has 76 valence electrons. The molecule has 14 heavy (non-hydrogen) atoms. The second-order valence-electron chi connectivity index (χ2n) is 2.58. The predicted molar refractivity (Wildman–Crippen MR) is 58.6 cm³/mol. The van der Waals surface area contributed by atoms with Crippen molar-refractivity contribution in [1.82, 2.24) is 5.32 Å². The molecule has 0 spiro atoms. The van der Waals surface area contributed by atoms with E-state index in [-0.39, 0.29) is 19.1 Å². The lowest BCUT2D eigenvalue weighted by Gasteiger charge is -2.05. The topological polar surface area (TPSA) is 49.3 Å². The summed E-state index contributed by atoms with van der Waals surface area (Å²) >= 11 is 9.12. The number of hydrogen-bond acceptors (Lipinski definition) is 2. The van der Waals surface area contributed by atoms with Crippen LogP contribution in [0.1, 0.15) is 10.4 Å². The minimum Gasteiger partial charge on any atom is -0.395 e. The molecule has 0 radical (unpaired) electrons. The Kier molecular flexibility index (Phi) is 4.38. The lowest BCUT2D eigenvalue weighted by atomic mass is 10.2. The molecule has 1 aromatic rings. The van der Waals surface area contributed by atoms with Gasteiger partial charge in [-0.05, 0) is 28.1 Å². The first kappa shape index (κ1) is 11.5. The van der Waals surface area contributed by atoms with Crippen molar-refractivity contribution >= 4 is 33.4 Å². The summed E-state index contributed by atoms with van der Waals surface area (Å²) in [4.78, 5) is 11.4. The van der Waals surface area contributed by atoms with Gasteiger partial charge in [-0.2, -0.15) is 0 Å². The summed E-state index contributed by atoms with van der Waals surface area (Å²) in [6, 6.07) is 5.11. The van der Waals surface area contributed by atoms with Crippen LogP contribution in [0, 0.1) is 0 Å². The van der Waals surface area contributed by atoms with E-state index in [2.05, 4.69) is 21.2 Å². The number of halogens is 2. The summed E-state index contributed by atoms with van der Waals surface area (Å²) in [6.45, 7) is 0.138. The summed E-state index contributed by atoms with van der Waals surface area (Å²) in [6.07, 6.45) is 0. The van der Waals surface area contributed by atoms with Crippen LogP contribution in [0.4, 0.5) is 0 Å². The molecule has 0 unspecified atom stereocenters. The maximum Gasteiger partial charge on any atom is 0.252 e. The largest absolute Gasteiger partial charge is 0.395 e. The van der Waals surface area contributed by atoms with E-state index in [4.69, 9.17) is 16.7 Å². The maximum atomic E-state index is 11.4. The van der Waals surface area contributed by atoms with Gasteiger partial charge in [0.05, 0.1) is 17.2 Å². The molecular formula is C9H9BrClNO2. The van der Waals surface area contributed by atoms with Gasteiger partial charge >= 0.3 is 0 Å². The normalized spacial score (nSPS) is 9.93. The van der Waals surface area contributed by atoms with E-state index < -0.39 is 0 Å². The SMILES string of the molecule is O=C(NCCO)c1cccc(Br)c1Cl. The highest BCUT2D eigenvalue weighted by Crippen LogP contribution is 2.25. The van der Waals surface area contributed by atoms with Crippen LogP contribution < -0.4 is 5.32 Å². The van der Waals surface area contributed by atoms with Crippen LogP contribution >= 0.6 is 27.5 Å². The van der Waals surface area contributed by atoms with E-state index in [1.165, 1.54) is 0 Å². The molecule has 1 aromatic carbocycles.